The van der Waals surface area contributed by atoms with Crippen molar-refractivity contribution in [2.24, 2.45) is 0 Å². The number of halogens is 2. The van der Waals surface area contributed by atoms with Crippen molar-refractivity contribution >= 4 is 17.4 Å². The standard InChI is InChI=1S/C7H4F2N2S/c8-4-1-5(9)7(11)6(2-4)12-3-10/h1-2H,11H2. The van der Waals surface area contributed by atoms with Gasteiger partial charge >= 0.3 is 0 Å². The molecule has 2 N–H and O–H groups in total. The SMILES string of the molecule is N#CSc1cc(F)cc(F)c1N. The molecule has 1 aromatic rings. The Morgan fingerprint density at radius 2 is 2.08 bits per heavy atom. The molecule has 12 heavy (non-hydrogen) atoms. The summed E-state index contributed by atoms with van der Waals surface area (Å²) in [6, 6.07) is 1.70. The number of benzene rings is 1. The summed E-state index contributed by atoms with van der Waals surface area (Å²) in [5, 5.41) is 9.92. The molecule has 0 radical (unpaired) electrons. The fourth-order valence-corrected chi connectivity index (χ4v) is 1.17. The molecule has 0 amide bonds. The predicted molar refractivity (Wildman–Crippen MR) is 42.2 cm³/mol. The quantitative estimate of drug-likeness (QED) is 0.415. The lowest BCUT2D eigenvalue weighted by atomic mass is 10.3. The van der Waals surface area contributed by atoms with Crippen molar-refractivity contribution in [1.29, 1.82) is 5.26 Å². The normalized spacial score (nSPS) is 9.42. The zero-order valence-electron chi connectivity index (χ0n) is 5.84. The molecule has 1 rings (SSSR count). The van der Waals surface area contributed by atoms with Crippen molar-refractivity contribution in [2.45, 2.75) is 4.90 Å². The van der Waals surface area contributed by atoms with Gasteiger partial charge in [0.2, 0.25) is 0 Å². The fraction of sp³-hybridized carbons (Fsp3) is 0. The number of nitrogens with zero attached hydrogens (tertiary/aromatic N) is 1. The van der Waals surface area contributed by atoms with Gasteiger partial charge in [-0.25, -0.2) is 8.78 Å². The first-order valence-corrected chi connectivity index (χ1v) is 3.77. The van der Waals surface area contributed by atoms with Crippen LogP contribution >= 0.6 is 11.8 Å². The molecule has 0 saturated heterocycles. The van der Waals surface area contributed by atoms with Crippen LogP contribution in [0.1, 0.15) is 0 Å². The number of hydrogen-bond acceptors (Lipinski definition) is 3. The molecule has 0 aliphatic heterocycles. The lowest BCUT2D eigenvalue weighted by Gasteiger charge is -2.00. The Bertz CT molecular complexity index is 346. The van der Waals surface area contributed by atoms with Crippen LogP contribution in [0.25, 0.3) is 0 Å². The lowest BCUT2D eigenvalue weighted by molar-refractivity contribution is 0.581. The minimum atomic E-state index is -0.840. The Labute approximate surface area is 72.0 Å². The van der Waals surface area contributed by atoms with Gasteiger partial charge in [0.05, 0.1) is 10.6 Å². The average molecular weight is 186 g/mol. The average Bonchev–Trinajstić information content (AvgIpc) is 2.00. The van der Waals surface area contributed by atoms with Crippen molar-refractivity contribution in [3.63, 3.8) is 0 Å². The second-order valence-electron chi connectivity index (χ2n) is 1.99. The summed E-state index contributed by atoms with van der Waals surface area (Å²) in [6.07, 6.45) is 0. The second kappa shape index (κ2) is 3.41. The van der Waals surface area contributed by atoms with E-state index >= 15 is 0 Å². The maximum Gasteiger partial charge on any atom is 0.150 e. The zero-order valence-corrected chi connectivity index (χ0v) is 6.66. The molecule has 0 fully saturated rings. The summed E-state index contributed by atoms with van der Waals surface area (Å²) in [7, 11) is 0. The Kier molecular flexibility index (Phi) is 2.51. The van der Waals surface area contributed by atoms with E-state index in [-0.39, 0.29) is 10.6 Å². The highest BCUT2D eigenvalue weighted by atomic mass is 32.2. The van der Waals surface area contributed by atoms with Crippen LogP contribution in [-0.4, -0.2) is 0 Å². The molecule has 0 heterocycles. The molecular formula is C7H4F2N2S. The van der Waals surface area contributed by atoms with Crippen LogP contribution < -0.4 is 5.73 Å². The first-order valence-electron chi connectivity index (χ1n) is 2.95. The largest absolute Gasteiger partial charge is 0.395 e. The first-order chi connectivity index (χ1) is 5.65. The molecule has 62 valence electrons. The number of thiocyanates is 1. The molecule has 0 atom stereocenters. The number of hydrogen-bond donors (Lipinski definition) is 1. The maximum atomic E-state index is 12.7. The summed E-state index contributed by atoms with van der Waals surface area (Å²) in [5.74, 6) is -1.58. The third kappa shape index (κ3) is 1.66. The summed E-state index contributed by atoms with van der Waals surface area (Å²) < 4.78 is 25.2. The molecule has 0 aromatic heterocycles. The van der Waals surface area contributed by atoms with Crippen LogP contribution in [0.4, 0.5) is 14.5 Å². The first kappa shape index (κ1) is 8.81. The van der Waals surface area contributed by atoms with Gasteiger partial charge in [0.15, 0.2) is 0 Å². The monoisotopic (exact) mass is 186 g/mol. The van der Waals surface area contributed by atoms with E-state index in [4.69, 9.17) is 11.0 Å². The van der Waals surface area contributed by atoms with Crippen LogP contribution in [0, 0.1) is 22.3 Å². The highest BCUT2D eigenvalue weighted by molar-refractivity contribution is 8.03. The Hall–Kier alpha value is -1.28. The molecule has 0 unspecified atom stereocenters. The van der Waals surface area contributed by atoms with E-state index in [1.807, 2.05) is 0 Å². The summed E-state index contributed by atoms with van der Waals surface area (Å²) in [4.78, 5) is 0.106. The topological polar surface area (TPSA) is 49.8 Å². The van der Waals surface area contributed by atoms with Crippen LogP contribution in [0.5, 0.6) is 0 Å². The molecule has 0 spiro atoms. The van der Waals surface area contributed by atoms with Crippen molar-refractivity contribution in [1.82, 2.24) is 0 Å². The van der Waals surface area contributed by atoms with E-state index in [2.05, 4.69) is 0 Å². The number of nitrogen functional groups attached to an aromatic ring is 1. The molecule has 1 aromatic carbocycles. The lowest BCUT2D eigenvalue weighted by Crippen LogP contribution is -1.94. The maximum absolute atomic E-state index is 12.7. The Balaban J connectivity index is 3.20. The Morgan fingerprint density at radius 3 is 2.67 bits per heavy atom. The number of nitriles is 1. The minimum Gasteiger partial charge on any atom is -0.395 e. The summed E-state index contributed by atoms with van der Waals surface area (Å²) in [6.45, 7) is 0. The van der Waals surface area contributed by atoms with Gasteiger partial charge in [-0.15, -0.1) is 0 Å². The molecular weight excluding hydrogens is 182 g/mol. The predicted octanol–water partition coefficient (Wildman–Crippen LogP) is 2.12. The van der Waals surface area contributed by atoms with Gasteiger partial charge in [0.25, 0.3) is 0 Å². The van der Waals surface area contributed by atoms with Gasteiger partial charge in [-0.3, -0.25) is 0 Å². The van der Waals surface area contributed by atoms with Crippen LogP contribution in [0.3, 0.4) is 0 Å². The van der Waals surface area contributed by atoms with Gasteiger partial charge in [0, 0.05) is 6.07 Å². The van der Waals surface area contributed by atoms with Gasteiger partial charge in [-0.05, 0) is 17.8 Å². The van der Waals surface area contributed by atoms with Gasteiger partial charge in [-0.1, -0.05) is 0 Å². The molecule has 0 aliphatic carbocycles. The molecule has 0 saturated carbocycles. The zero-order chi connectivity index (χ0) is 9.14. The van der Waals surface area contributed by atoms with Gasteiger partial charge in [-0.2, -0.15) is 5.26 Å². The Morgan fingerprint density at radius 1 is 1.42 bits per heavy atom. The van der Waals surface area contributed by atoms with Crippen molar-refractivity contribution in [3.8, 4) is 5.40 Å². The van der Waals surface area contributed by atoms with E-state index in [1.54, 1.807) is 5.40 Å². The molecule has 0 aliphatic rings. The molecule has 5 heteroatoms. The van der Waals surface area contributed by atoms with Crippen LogP contribution in [0.15, 0.2) is 17.0 Å². The van der Waals surface area contributed by atoms with Gasteiger partial charge in [0.1, 0.15) is 17.0 Å². The second-order valence-corrected chi connectivity index (χ2v) is 2.82. The van der Waals surface area contributed by atoms with Crippen molar-refractivity contribution < 1.29 is 8.78 Å². The van der Waals surface area contributed by atoms with E-state index < -0.39 is 11.6 Å². The smallest absolute Gasteiger partial charge is 0.150 e. The minimum absolute atomic E-state index is 0.106. The molecule has 2 nitrogen and oxygen atoms in total. The number of thioether (sulfide) groups is 1. The highest BCUT2D eigenvalue weighted by Gasteiger charge is 2.07. The van der Waals surface area contributed by atoms with Crippen LogP contribution in [-0.2, 0) is 0 Å². The third-order valence-electron chi connectivity index (χ3n) is 1.21. The number of anilines is 1. The number of rotatable bonds is 1. The molecule has 0 bridgehead atoms. The van der Waals surface area contributed by atoms with Gasteiger partial charge < -0.3 is 5.73 Å². The summed E-state index contributed by atoms with van der Waals surface area (Å²) >= 11 is 0.631. The third-order valence-corrected chi connectivity index (χ3v) is 1.86. The van der Waals surface area contributed by atoms with Crippen LogP contribution in [0.2, 0.25) is 0 Å². The van der Waals surface area contributed by atoms with E-state index in [9.17, 15) is 8.78 Å². The number of nitrogens with two attached hydrogens (primary N) is 1. The van der Waals surface area contributed by atoms with Crippen molar-refractivity contribution in [3.05, 3.63) is 23.8 Å². The van der Waals surface area contributed by atoms with E-state index in [1.165, 1.54) is 0 Å². The van der Waals surface area contributed by atoms with Crippen molar-refractivity contribution in [2.75, 3.05) is 5.73 Å². The highest BCUT2D eigenvalue weighted by Crippen LogP contribution is 2.27. The fourth-order valence-electron chi connectivity index (χ4n) is 0.695. The summed E-state index contributed by atoms with van der Waals surface area (Å²) in [5.41, 5.74) is 5.03. The van der Waals surface area contributed by atoms with E-state index in [0.717, 1.165) is 6.07 Å². The van der Waals surface area contributed by atoms with E-state index in [0.29, 0.717) is 17.8 Å².